The number of aromatic nitrogens is 7. The quantitative estimate of drug-likeness (QED) is 0.0470. The number of nitrogens with zero attached hydrogens (tertiary/aromatic N) is 8. The molecule has 0 fully saturated rings. The lowest BCUT2D eigenvalue weighted by molar-refractivity contribution is 0.112. The van der Waals surface area contributed by atoms with Gasteiger partial charge in [0, 0.05) is 63.7 Å². The van der Waals surface area contributed by atoms with E-state index in [1.165, 1.54) is 86.0 Å². The van der Waals surface area contributed by atoms with Gasteiger partial charge in [0.1, 0.15) is 67.5 Å². The van der Waals surface area contributed by atoms with Crippen molar-refractivity contribution in [2.45, 2.75) is 17.2 Å². The molecule has 12 aromatic rings. The van der Waals surface area contributed by atoms with Crippen LogP contribution in [0.3, 0.4) is 0 Å². The number of halogens is 6. The van der Waals surface area contributed by atoms with Gasteiger partial charge in [0.15, 0.2) is 36.5 Å². The monoisotopic (exact) mass is 1350 g/mol. The van der Waals surface area contributed by atoms with Gasteiger partial charge in [-0.25, -0.2) is 72.2 Å². The first-order chi connectivity index (χ1) is 42.9. The highest BCUT2D eigenvalue weighted by Crippen LogP contribution is 2.35. The summed E-state index contributed by atoms with van der Waals surface area (Å²) in [6.45, 7) is 9.00. The molecule has 1 unspecified atom stereocenters. The number of anilines is 2. The van der Waals surface area contributed by atoms with E-state index in [1.54, 1.807) is 104 Å². The molecular weight excluding hydrogens is 1300 g/mol. The van der Waals surface area contributed by atoms with E-state index in [4.69, 9.17) is 31.3 Å². The number of sulfone groups is 1. The molecule has 0 spiro atoms. The van der Waals surface area contributed by atoms with Crippen molar-refractivity contribution in [3.8, 4) is 67.7 Å². The number of nitrogens with one attached hydrogen (secondary N) is 1. The number of rotatable bonds is 11. The van der Waals surface area contributed by atoms with E-state index in [1.807, 2.05) is 19.1 Å². The number of hydrogen-bond donors (Lipinski definition) is 3. The van der Waals surface area contributed by atoms with Gasteiger partial charge in [-0.1, -0.05) is 17.7 Å². The molecule has 0 aliphatic carbocycles. The van der Waals surface area contributed by atoms with E-state index >= 15 is 0 Å². The van der Waals surface area contributed by atoms with E-state index in [-0.39, 0.29) is 27.9 Å². The molecule has 1 atom stereocenters. The second-order valence-corrected chi connectivity index (χ2v) is 21.9. The molecule has 0 saturated carbocycles. The van der Waals surface area contributed by atoms with Gasteiger partial charge in [0.05, 0.1) is 10.5 Å². The molecule has 25 heteroatoms. The van der Waals surface area contributed by atoms with Crippen molar-refractivity contribution >= 4 is 65.7 Å². The van der Waals surface area contributed by atoms with Crippen LogP contribution in [-0.4, -0.2) is 55.6 Å². The summed E-state index contributed by atoms with van der Waals surface area (Å²) >= 11 is 6.45. The Morgan fingerprint density at radius 2 is 0.944 bits per heavy atom. The van der Waals surface area contributed by atoms with Gasteiger partial charge in [-0.15, -0.1) is 0 Å². The van der Waals surface area contributed by atoms with Crippen LogP contribution in [0.5, 0.6) is 0 Å². The zero-order valence-electron chi connectivity index (χ0n) is 46.1. The highest BCUT2D eigenvalue weighted by molar-refractivity contribution is 9.10. The summed E-state index contributed by atoms with van der Waals surface area (Å²) < 4.78 is 94.4. The largest absolute Gasteiger partial charge is 0.443 e. The van der Waals surface area contributed by atoms with Gasteiger partial charge in [0.25, 0.3) is 9.84 Å². The number of urea groups is 1. The highest BCUT2D eigenvalue weighted by Gasteiger charge is 2.34. The summed E-state index contributed by atoms with van der Waals surface area (Å²) in [5.74, 6) is 1.04. The number of pyridine rings is 4. The summed E-state index contributed by atoms with van der Waals surface area (Å²) in [4.78, 5) is 52.6. The number of benzene rings is 5. The molecule has 0 bridgehead atoms. The third kappa shape index (κ3) is 17.7. The zero-order valence-corrected chi connectivity index (χ0v) is 50.1. The minimum atomic E-state index is -3.81. The topological polar surface area (TPSA) is 266 Å². The lowest BCUT2D eigenvalue weighted by Gasteiger charge is -2.08. The molecule has 0 saturated heterocycles. The number of aryl methyl sites for hydroxylation is 1. The highest BCUT2D eigenvalue weighted by atomic mass is 79.9. The van der Waals surface area contributed by atoms with Crippen LogP contribution in [0.25, 0.3) is 72.6 Å². The fourth-order valence-electron chi connectivity index (χ4n) is 7.99. The summed E-state index contributed by atoms with van der Waals surface area (Å²) in [6, 6.07) is 42.5. The maximum atomic E-state index is 13.0. The molecule has 12 rings (SSSR count). The number of oxazole rings is 3. The van der Waals surface area contributed by atoms with Gasteiger partial charge in [0.2, 0.25) is 0 Å². The number of amides is 2. The maximum Gasteiger partial charge on any atom is 0.350 e. The van der Waals surface area contributed by atoms with Crippen LogP contribution in [0.2, 0.25) is 0 Å². The Morgan fingerprint density at radius 1 is 0.539 bits per heavy atom. The Hall–Kier alpha value is -10.8. The number of carbonyl (C=O) groups is 2. The lowest BCUT2D eigenvalue weighted by Crippen LogP contribution is -2.19. The zero-order chi connectivity index (χ0) is 63.5. The van der Waals surface area contributed by atoms with Gasteiger partial charge in [-0.2, -0.15) is 0 Å². The average Bonchev–Trinajstić information content (AvgIpc) is 3.48. The minimum absolute atomic E-state index is 0.0911. The van der Waals surface area contributed by atoms with Gasteiger partial charge >= 0.3 is 11.4 Å². The standard InChI is InChI=1S/C15H11FN4O2.C15H12FNO2S.C14H8BrFN2O.C14H10FN3O.C6H4BrNO/c16-11-3-1-9(2-4-11)13-14(22-8-19-13)10-5-6-18-12(7-10)20-15(17)21;1-11-3-9-14(10-4-11)20(18,19)15(17-2)12-5-7-13(16)8-6-12;15-12-7-10(5-6-17-12)14-13(18-8-19-14)9-1-3-11(16)4-2-9;15-11-3-1-9(2-4-11)13-14(19-8-18-13)10-5-6-17-12(16)7-10;7-6-3-5(4-9)1-2-8-6/h1-8H,(H3,17,18,20,21);3-10,15H,1H3;1-8H;1-8H,(H2,16,17);1-4H. The SMILES string of the molecule is Fc1ccc(-c2ncoc2-c2ccnc(Br)c2)cc1.NC(=O)Nc1cc(-c2ocnc2-c2ccc(F)cc2)ccn1.Nc1cc(-c2ocnc2-c2ccc(F)cc2)ccn1.O=Cc1ccnc(Br)c1.[C-]#[N+]C(c1ccc(F)cc1)S(=O)(=O)c1ccc(C)cc1. The van der Waals surface area contributed by atoms with Crippen molar-refractivity contribution in [1.29, 1.82) is 0 Å². The van der Waals surface area contributed by atoms with Crippen LogP contribution in [0.4, 0.5) is 34.0 Å². The molecule has 5 N–H and O–H groups in total. The van der Waals surface area contributed by atoms with Crippen LogP contribution in [0.15, 0.2) is 241 Å². The normalized spacial score (nSPS) is 10.9. The van der Waals surface area contributed by atoms with Crippen LogP contribution in [0.1, 0.15) is 26.9 Å². The van der Waals surface area contributed by atoms with E-state index in [0.717, 1.165) is 46.2 Å². The Kier molecular flexibility index (Phi) is 22.0. The van der Waals surface area contributed by atoms with Crippen LogP contribution >= 0.6 is 31.9 Å². The Morgan fingerprint density at radius 3 is 1.35 bits per heavy atom. The smallest absolute Gasteiger partial charge is 0.350 e. The Bertz CT molecular complexity index is 4370. The van der Waals surface area contributed by atoms with Gasteiger partial charge in [-0.3, -0.25) is 15.0 Å². The number of primary amides is 1. The van der Waals surface area contributed by atoms with Crippen molar-refractivity contribution in [3.63, 3.8) is 0 Å². The first-order valence-electron chi connectivity index (χ1n) is 25.8. The molecule has 18 nitrogen and oxygen atoms in total. The predicted octanol–water partition coefficient (Wildman–Crippen LogP) is 15.6. The van der Waals surface area contributed by atoms with Crippen molar-refractivity contribution in [2.24, 2.45) is 5.73 Å². The van der Waals surface area contributed by atoms with E-state index in [2.05, 4.69) is 76.9 Å². The third-order valence-electron chi connectivity index (χ3n) is 12.2. The fraction of sp³-hybridized carbons (Fsp3) is 0.0312. The molecule has 7 aromatic heterocycles. The predicted molar refractivity (Wildman–Crippen MR) is 332 cm³/mol. The van der Waals surface area contributed by atoms with Crippen molar-refractivity contribution < 1.29 is 48.8 Å². The number of carbonyl (C=O) groups excluding carboxylic acids is 2. The van der Waals surface area contributed by atoms with Gasteiger partial charge < -0.3 is 24.7 Å². The number of nitrogen functional groups attached to an aromatic ring is 1. The third-order valence-corrected chi connectivity index (χ3v) is 14.9. The number of nitrogens with two attached hydrogens (primary N) is 2. The summed E-state index contributed by atoms with van der Waals surface area (Å²) in [6.07, 6.45) is 11.2. The molecule has 0 radical (unpaired) electrons. The minimum Gasteiger partial charge on any atom is -0.443 e. The van der Waals surface area contributed by atoms with Crippen molar-refractivity contribution in [3.05, 3.63) is 274 Å². The maximum absolute atomic E-state index is 13.0. The van der Waals surface area contributed by atoms with E-state index < -0.39 is 27.1 Å². The molecule has 446 valence electrons. The number of aldehydes is 1. The Labute approximate surface area is 522 Å². The molecule has 2 amide bonds. The van der Waals surface area contributed by atoms with Crippen molar-refractivity contribution in [2.75, 3.05) is 11.1 Å². The van der Waals surface area contributed by atoms with Crippen LogP contribution < -0.4 is 16.8 Å². The molecule has 0 aliphatic heterocycles. The molecule has 0 aliphatic rings. The molecule has 89 heavy (non-hydrogen) atoms. The van der Waals surface area contributed by atoms with Gasteiger partial charge in [-0.05, 0) is 197 Å². The fourth-order valence-corrected chi connectivity index (χ4v) is 10.2. The number of hydrogen-bond acceptors (Lipinski definition) is 15. The summed E-state index contributed by atoms with van der Waals surface area (Å²) in [7, 11) is -3.81. The first-order valence-corrected chi connectivity index (χ1v) is 29.0. The van der Waals surface area contributed by atoms with Crippen LogP contribution in [-0.2, 0) is 9.84 Å². The second kappa shape index (κ2) is 30.5. The lowest BCUT2D eigenvalue weighted by atomic mass is 10.1. The Balaban J connectivity index is 0.000000147. The van der Waals surface area contributed by atoms with E-state index in [0.29, 0.717) is 71.9 Å². The summed E-state index contributed by atoms with van der Waals surface area (Å²) in [5, 5.41) is 1.03. The van der Waals surface area contributed by atoms with Crippen LogP contribution in [0, 0.1) is 36.8 Å². The van der Waals surface area contributed by atoms with Crippen molar-refractivity contribution in [1.82, 2.24) is 34.9 Å². The molecule has 7 heterocycles. The average molecular weight is 1350 g/mol. The molecular formula is C64H45Br2F4N11O7S. The summed E-state index contributed by atoms with van der Waals surface area (Å²) in [5.41, 5.74) is 19.0. The molecule has 5 aromatic carbocycles. The van der Waals surface area contributed by atoms with E-state index in [9.17, 15) is 35.6 Å². The first kappa shape index (κ1) is 64.2. The second-order valence-electron chi connectivity index (χ2n) is 18.3.